The molecule has 1 aromatic rings. The third-order valence-electron chi connectivity index (χ3n) is 4.26. The molecule has 0 radical (unpaired) electrons. The van der Waals surface area contributed by atoms with Crippen LogP contribution >= 0.6 is 0 Å². The molecule has 2 heterocycles. The van der Waals surface area contributed by atoms with E-state index in [0.29, 0.717) is 18.9 Å². The summed E-state index contributed by atoms with van der Waals surface area (Å²) >= 11 is 0. The number of hydrogen-bond donors (Lipinski definition) is 1. The Labute approximate surface area is 114 Å². The van der Waals surface area contributed by atoms with Crippen molar-refractivity contribution in [3.05, 3.63) is 29.6 Å². The van der Waals surface area contributed by atoms with Crippen LogP contribution in [0, 0.1) is 5.82 Å². The molecule has 2 atom stereocenters. The fourth-order valence-corrected chi connectivity index (χ4v) is 3.43. The molecular formula is C14H15F4NO. The van der Waals surface area contributed by atoms with E-state index >= 15 is 0 Å². The van der Waals surface area contributed by atoms with Crippen LogP contribution in [-0.4, -0.2) is 23.3 Å². The van der Waals surface area contributed by atoms with Gasteiger partial charge in [-0.1, -0.05) is 0 Å². The van der Waals surface area contributed by atoms with Crippen LogP contribution in [0.2, 0.25) is 0 Å². The molecule has 2 aliphatic heterocycles. The molecule has 110 valence electrons. The molecule has 1 N–H and O–H groups in total. The van der Waals surface area contributed by atoms with Crippen molar-refractivity contribution in [3.63, 3.8) is 0 Å². The van der Waals surface area contributed by atoms with Crippen LogP contribution in [0.25, 0.3) is 0 Å². The lowest BCUT2D eigenvalue weighted by atomic mass is 9.98. The zero-order valence-corrected chi connectivity index (χ0v) is 10.7. The van der Waals surface area contributed by atoms with Crippen molar-refractivity contribution in [1.82, 2.24) is 0 Å². The smallest absolute Gasteiger partial charge is 0.393 e. The molecule has 2 saturated heterocycles. The summed E-state index contributed by atoms with van der Waals surface area (Å²) in [5, 5.41) is 9.71. The van der Waals surface area contributed by atoms with E-state index in [9.17, 15) is 22.7 Å². The molecule has 2 bridgehead atoms. The summed E-state index contributed by atoms with van der Waals surface area (Å²) in [5.74, 6) is -0.840. The van der Waals surface area contributed by atoms with Crippen LogP contribution < -0.4 is 4.90 Å². The Hall–Kier alpha value is -1.30. The van der Waals surface area contributed by atoms with Gasteiger partial charge < -0.3 is 10.0 Å². The molecule has 0 aromatic heterocycles. The number of benzene rings is 1. The molecule has 0 saturated carbocycles. The number of alkyl halides is 3. The summed E-state index contributed by atoms with van der Waals surface area (Å²) < 4.78 is 51.7. The quantitative estimate of drug-likeness (QED) is 0.802. The number of halogens is 4. The minimum Gasteiger partial charge on any atom is -0.393 e. The van der Waals surface area contributed by atoms with Gasteiger partial charge in [0, 0.05) is 12.1 Å². The molecule has 20 heavy (non-hydrogen) atoms. The van der Waals surface area contributed by atoms with E-state index in [4.69, 9.17) is 0 Å². The summed E-state index contributed by atoms with van der Waals surface area (Å²) in [6.45, 7) is 0. The van der Waals surface area contributed by atoms with E-state index in [1.165, 1.54) is 6.07 Å². The standard InChI is InChI=1S/C14H15F4NO/c15-12-5-8(14(16,17)18)1-4-13(12)19-9-2-3-10(19)7-11(20)6-9/h1,4-5,9-11,20H,2-3,6-7H2. The minimum absolute atomic E-state index is 0.0231. The third kappa shape index (κ3) is 2.26. The van der Waals surface area contributed by atoms with Crippen LogP contribution in [0.5, 0.6) is 0 Å². The second-order valence-electron chi connectivity index (χ2n) is 5.58. The molecular weight excluding hydrogens is 274 g/mol. The van der Waals surface area contributed by atoms with Crippen LogP contribution in [0.15, 0.2) is 18.2 Å². The zero-order chi connectivity index (χ0) is 14.5. The number of hydrogen-bond acceptors (Lipinski definition) is 2. The van der Waals surface area contributed by atoms with E-state index in [-0.39, 0.29) is 23.9 Å². The van der Waals surface area contributed by atoms with Gasteiger partial charge in [0.15, 0.2) is 0 Å². The number of anilines is 1. The molecule has 2 fully saturated rings. The van der Waals surface area contributed by atoms with Crippen LogP contribution in [0.3, 0.4) is 0 Å². The lowest BCUT2D eigenvalue weighted by Crippen LogP contribution is -2.45. The SMILES string of the molecule is OC1CC2CCC(C1)N2c1ccc(C(F)(F)F)cc1F. The van der Waals surface area contributed by atoms with Gasteiger partial charge in [-0.05, 0) is 43.9 Å². The van der Waals surface area contributed by atoms with Crippen molar-refractivity contribution in [2.45, 2.75) is 50.0 Å². The molecule has 0 aliphatic carbocycles. The Bertz CT molecular complexity index is 502. The van der Waals surface area contributed by atoms with Crippen molar-refractivity contribution in [1.29, 1.82) is 0 Å². The van der Waals surface area contributed by atoms with Crippen molar-refractivity contribution >= 4 is 5.69 Å². The molecule has 0 spiro atoms. The van der Waals surface area contributed by atoms with Gasteiger partial charge in [-0.2, -0.15) is 13.2 Å². The number of piperidine rings is 1. The first-order valence-corrected chi connectivity index (χ1v) is 6.69. The number of aliphatic hydroxyl groups excluding tert-OH is 1. The Kier molecular flexibility index (Phi) is 3.16. The molecule has 2 nitrogen and oxygen atoms in total. The van der Waals surface area contributed by atoms with Crippen molar-refractivity contribution < 1.29 is 22.7 Å². The van der Waals surface area contributed by atoms with Gasteiger partial charge in [0.2, 0.25) is 0 Å². The van der Waals surface area contributed by atoms with Crippen LogP contribution in [0.4, 0.5) is 23.2 Å². The van der Waals surface area contributed by atoms with Gasteiger partial charge in [0.25, 0.3) is 0 Å². The van der Waals surface area contributed by atoms with Gasteiger partial charge in [0.1, 0.15) is 5.82 Å². The summed E-state index contributed by atoms with van der Waals surface area (Å²) in [7, 11) is 0. The largest absolute Gasteiger partial charge is 0.416 e. The normalized spacial score (nSPS) is 29.9. The second kappa shape index (κ2) is 4.62. The Morgan fingerprint density at radius 1 is 1.10 bits per heavy atom. The molecule has 3 rings (SSSR count). The van der Waals surface area contributed by atoms with Gasteiger partial charge in [-0.15, -0.1) is 0 Å². The van der Waals surface area contributed by atoms with Gasteiger partial charge >= 0.3 is 6.18 Å². The zero-order valence-electron chi connectivity index (χ0n) is 10.7. The van der Waals surface area contributed by atoms with E-state index in [2.05, 4.69) is 0 Å². The number of aliphatic hydroxyl groups is 1. The highest BCUT2D eigenvalue weighted by Crippen LogP contribution is 2.41. The minimum atomic E-state index is -4.53. The topological polar surface area (TPSA) is 23.5 Å². The second-order valence-corrected chi connectivity index (χ2v) is 5.58. The maximum Gasteiger partial charge on any atom is 0.416 e. The number of nitrogens with zero attached hydrogens (tertiary/aromatic N) is 1. The Morgan fingerprint density at radius 3 is 2.20 bits per heavy atom. The molecule has 6 heteroatoms. The summed E-state index contributed by atoms with van der Waals surface area (Å²) in [6.07, 6.45) is -2.12. The fraction of sp³-hybridized carbons (Fsp3) is 0.571. The first-order valence-electron chi connectivity index (χ1n) is 6.69. The predicted molar refractivity (Wildman–Crippen MR) is 65.9 cm³/mol. The van der Waals surface area contributed by atoms with E-state index in [0.717, 1.165) is 18.9 Å². The van der Waals surface area contributed by atoms with Crippen molar-refractivity contribution in [2.75, 3.05) is 4.90 Å². The number of fused-ring (bicyclic) bond motifs is 2. The maximum atomic E-state index is 14.0. The molecule has 2 unspecified atom stereocenters. The van der Waals surface area contributed by atoms with E-state index in [1.54, 1.807) is 0 Å². The van der Waals surface area contributed by atoms with E-state index in [1.807, 2.05) is 4.90 Å². The Balaban J connectivity index is 1.92. The summed E-state index contributed by atoms with van der Waals surface area (Å²) in [4.78, 5) is 1.85. The first-order chi connectivity index (χ1) is 9.36. The monoisotopic (exact) mass is 289 g/mol. The lowest BCUT2D eigenvalue weighted by molar-refractivity contribution is -0.137. The average molecular weight is 289 g/mol. The highest BCUT2D eigenvalue weighted by atomic mass is 19.4. The molecule has 0 amide bonds. The molecule has 2 aliphatic rings. The van der Waals surface area contributed by atoms with Crippen molar-refractivity contribution in [2.24, 2.45) is 0 Å². The summed E-state index contributed by atoms with van der Waals surface area (Å²) in [6, 6.07) is 2.73. The molecule has 1 aromatic carbocycles. The number of rotatable bonds is 1. The third-order valence-corrected chi connectivity index (χ3v) is 4.26. The van der Waals surface area contributed by atoms with Crippen LogP contribution in [-0.2, 0) is 6.18 Å². The van der Waals surface area contributed by atoms with E-state index < -0.39 is 17.6 Å². The fourth-order valence-electron chi connectivity index (χ4n) is 3.43. The Morgan fingerprint density at radius 2 is 1.70 bits per heavy atom. The van der Waals surface area contributed by atoms with Crippen molar-refractivity contribution in [3.8, 4) is 0 Å². The average Bonchev–Trinajstić information content (AvgIpc) is 2.61. The maximum absolute atomic E-state index is 14.0. The highest BCUT2D eigenvalue weighted by Gasteiger charge is 2.41. The summed E-state index contributed by atoms with van der Waals surface area (Å²) in [5.41, 5.74) is -0.749. The lowest BCUT2D eigenvalue weighted by Gasteiger charge is -2.39. The first kappa shape index (κ1) is 13.7. The van der Waals surface area contributed by atoms with Gasteiger partial charge in [0.05, 0.1) is 17.4 Å². The van der Waals surface area contributed by atoms with Gasteiger partial charge in [-0.25, -0.2) is 4.39 Å². The predicted octanol–water partition coefficient (Wildman–Crippen LogP) is 3.34. The highest BCUT2D eigenvalue weighted by molar-refractivity contribution is 5.53. The van der Waals surface area contributed by atoms with Crippen LogP contribution in [0.1, 0.15) is 31.2 Å². The van der Waals surface area contributed by atoms with Gasteiger partial charge in [-0.3, -0.25) is 0 Å².